The number of aromatic nitrogens is 4. The van der Waals surface area contributed by atoms with Gasteiger partial charge in [0.15, 0.2) is 5.15 Å². The van der Waals surface area contributed by atoms with Crippen LogP contribution >= 0.6 is 11.6 Å². The van der Waals surface area contributed by atoms with Gasteiger partial charge < -0.3 is 8.98 Å². The van der Waals surface area contributed by atoms with E-state index in [1.165, 1.54) is 17.0 Å². The molecule has 0 N–H and O–H groups in total. The zero-order valence-corrected chi connectivity index (χ0v) is 8.60. The first-order valence-corrected chi connectivity index (χ1v) is 4.54. The summed E-state index contributed by atoms with van der Waals surface area (Å²) in [5.41, 5.74) is -0.380. The summed E-state index contributed by atoms with van der Waals surface area (Å²) in [7, 11) is 0. The Hall–Kier alpha value is -1.69. The van der Waals surface area contributed by atoms with Crippen molar-refractivity contribution in [3.63, 3.8) is 0 Å². The Kier molecular flexibility index (Phi) is 2.51. The molecule has 2 aromatic rings. The summed E-state index contributed by atoms with van der Waals surface area (Å²) in [5.74, 6) is 0.815. The Bertz CT molecular complexity index is 533. The van der Waals surface area contributed by atoms with Crippen molar-refractivity contribution in [2.45, 2.75) is 13.5 Å². The van der Waals surface area contributed by atoms with E-state index in [2.05, 4.69) is 15.2 Å². The molecule has 0 aliphatic carbocycles. The summed E-state index contributed by atoms with van der Waals surface area (Å²) in [5, 5.41) is 7.35. The Labute approximate surface area is 89.5 Å². The van der Waals surface area contributed by atoms with Gasteiger partial charge in [-0.25, -0.2) is 4.98 Å². The molecular weight excluding hydrogens is 220 g/mol. The van der Waals surface area contributed by atoms with Crippen LogP contribution in [0.15, 0.2) is 21.6 Å². The van der Waals surface area contributed by atoms with E-state index in [4.69, 9.17) is 16.0 Å². The molecule has 6 nitrogen and oxygen atoms in total. The summed E-state index contributed by atoms with van der Waals surface area (Å²) in [6.45, 7) is 1.88. The molecule has 0 amide bonds. The molecule has 0 aliphatic rings. The van der Waals surface area contributed by atoms with Crippen molar-refractivity contribution in [3.8, 4) is 0 Å². The Balaban J connectivity index is 2.32. The highest BCUT2D eigenvalue weighted by Crippen LogP contribution is 2.00. The van der Waals surface area contributed by atoms with Gasteiger partial charge >= 0.3 is 0 Å². The summed E-state index contributed by atoms with van der Waals surface area (Å²) >= 11 is 5.57. The van der Waals surface area contributed by atoms with Crippen molar-refractivity contribution in [2.24, 2.45) is 0 Å². The van der Waals surface area contributed by atoms with E-state index in [-0.39, 0.29) is 17.3 Å². The molecule has 0 saturated heterocycles. The summed E-state index contributed by atoms with van der Waals surface area (Å²) in [6.07, 6.45) is 2.95. The Morgan fingerprint density at radius 3 is 3.00 bits per heavy atom. The predicted octanol–water partition coefficient (Wildman–Crippen LogP) is 0.636. The molecule has 2 aromatic heterocycles. The van der Waals surface area contributed by atoms with Gasteiger partial charge in [-0.1, -0.05) is 11.6 Å². The molecule has 0 fully saturated rings. The van der Waals surface area contributed by atoms with Crippen LogP contribution in [0, 0.1) is 6.92 Å². The summed E-state index contributed by atoms with van der Waals surface area (Å²) in [6, 6.07) is 0. The van der Waals surface area contributed by atoms with Crippen LogP contribution in [0.25, 0.3) is 0 Å². The van der Waals surface area contributed by atoms with Gasteiger partial charge in [-0.15, -0.1) is 10.2 Å². The van der Waals surface area contributed by atoms with Crippen molar-refractivity contribution >= 4 is 11.6 Å². The van der Waals surface area contributed by atoms with Crippen molar-refractivity contribution in [2.75, 3.05) is 0 Å². The molecule has 2 rings (SSSR count). The van der Waals surface area contributed by atoms with Crippen LogP contribution in [-0.2, 0) is 6.54 Å². The highest BCUT2D eigenvalue weighted by atomic mass is 35.5. The SMILES string of the molecule is Cc1nnc(Cn2ccnc(Cl)c2=O)o1. The zero-order chi connectivity index (χ0) is 10.8. The number of nitrogens with zero attached hydrogens (tertiary/aromatic N) is 4. The number of aryl methyl sites for hydroxylation is 1. The largest absolute Gasteiger partial charge is 0.424 e. The zero-order valence-electron chi connectivity index (χ0n) is 7.85. The number of halogens is 1. The topological polar surface area (TPSA) is 73.8 Å². The van der Waals surface area contributed by atoms with E-state index in [0.717, 1.165) is 0 Å². The third kappa shape index (κ3) is 2.04. The van der Waals surface area contributed by atoms with E-state index in [1.54, 1.807) is 6.92 Å². The minimum atomic E-state index is -0.380. The fraction of sp³-hybridized carbons (Fsp3) is 0.250. The molecule has 0 bridgehead atoms. The van der Waals surface area contributed by atoms with Gasteiger partial charge in [0.25, 0.3) is 5.56 Å². The second-order valence-corrected chi connectivity index (χ2v) is 3.22. The molecule has 0 aliphatic heterocycles. The van der Waals surface area contributed by atoms with Crippen LogP contribution in [-0.4, -0.2) is 19.7 Å². The van der Waals surface area contributed by atoms with E-state index >= 15 is 0 Å². The van der Waals surface area contributed by atoms with Crippen LogP contribution in [0.4, 0.5) is 0 Å². The number of hydrogen-bond acceptors (Lipinski definition) is 5. The number of rotatable bonds is 2. The maximum atomic E-state index is 11.5. The first kappa shape index (κ1) is 9.85. The van der Waals surface area contributed by atoms with Crippen molar-refractivity contribution < 1.29 is 4.42 Å². The van der Waals surface area contributed by atoms with Gasteiger partial charge in [0.2, 0.25) is 11.8 Å². The van der Waals surface area contributed by atoms with Crippen LogP contribution < -0.4 is 5.56 Å². The second kappa shape index (κ2) is 3.82. The molecule has 0 atom stereocenters. The molecule has 2 heterocycles. The standard InChI is InChI=1S/C8H7ClN4O2/c1-5-11-12-6(15-5)4-13-3-2-10-7(9)8(13)14/h2-3H,4H2,1H3. The molecule has 0 radical (unpaired) electrons. The third-order valence-electron chi connectivity index (χ3n) is 1.75. The minimum absolute atomic E-state index is 0.0752. The fourth-order valence-electron chi connectivity index (χ4n) is 1.09. The Morgan fingerprint density at radius 1 is 1.53 bits per heavy atom. The lowest BCUT2D eigenvalue weighted by atomic mass is 10.6. The maximum Gasteiger partial charge on any atom is 0.288 e. The van der Waals surface area contributed by atoms with Gasteiger partial charge in [-0.3, -0.25) is 4.79 Å². The molecular formula is C8H7ClN4O2. The third-order valence-corrected chi connectivity index (χ3v) is 2.00. The van der Waals surface area contributed by atoms with E-state index < -0.39 is 0 Å². The van der Waals surface area contributed by atoms with Crippen LogP contribution in [0.5, 0.6) is 0 Å². The van der Waals surface area contributed by atoms with Crippen molar-refractivity contribution in [3.05, 3.63) is 39.7 Å². The average Bonchev–Trinajstić information content (AvgIpc) is 2.59. The highest BCUT2D eigenvalue weighted by Gasteiger charge is 2.06. The van der Waals surface area contributed by atoms with Gasteiger partial charge in [-0.2, -0.15) is 0 Å². The molecule has 7 heteroatoms. The van der Waals surface area contributed by atoms with Crippen LogP contribution in [0.1, 0.15) is 11.8 Å². The average molecular weight is 227 g/mol. The molecule has 78 valence electrons. The first-order chi connectivity index (χ1) is 7.16. The second-order valence-electron chi connectivity index (χ2n) is 2.87. The minimum Gasteiger partial charge on any atom is -0.424 e. The van der Waals surface area contributed by atoms with Gasteiger partial charge in [0, 0.05) is 19.3 Å². The highest BCUT2D eigenvalue weighted by molar-refractivity contribution is 6.29. The van der Waals surface area contributed by atoms with Gasteiger partial charge in [-0.05, 0) is 0 Å². The quantitative estimate of drug-likeness (QED) is 0.751. The normalized spacial score (nSPS) is 10.5. The Morgan fingerprint density at radius 2 is 2.33 bits per heavy atom. The first-order valence-electron chi connectivity index (χ1n) is 4.17. The lowest BCUT2D eigenvalue weighted by molar-refractivity contribution is 0.451. The van der Waals surface area contributed by atoms with Crippen LogP contribution in [0.3, 0.4) is 0 Å². The maximum absolute atomic E-state index is 11.5. The lowest BCUT2D eigenvalue weighted by Crippen LogP contribution is -2.21. The lowest BCUT2D eigenvalue weighted by Gasteiger charge is -2.00. The van der Waals surface area contributed by atoms with Gasteiger partial charge in [0.05, 0.1) is 0 Å². The van der Waals surface area contributed by atoms with Crippen LogP contribution in [0.2, 0.25) is 5.15 Å². The molecule has 0 spiro atoms. The summed E-state index contributed by atoms with van der Waals surface area (Å²) in [4.78, 5) is 15.1. The summed E-state index contributed by atoms with van der Waals surface area (Å²) < 4.78 is 6.49. The molecule has 0 unspecified atom stereocenters. The van der Waals surface area contributed by atoms with E-state index in [1.807, 2.05) is 0 Å². The smallest absolute Gasteiger partial charge is 0.288 e. The van der Waals surface area contributed by atoms with Crippen molar-refractivity contribution in [1.29, 1.82) is 0 Å². The van der Waals surface area contributed by atoms with Gasteiger partial charge in [0.1, 0.15) is 6.54 Å². The van der Waals surface area contributed by atoms with E-state index in [9.17, 15) is 4.79 Å². The van der Waals surface area contributed by atoms with E-state index in [0.29, 0.717) is 11.8 Å². The molecule has 0 aromatic carbocycles. The molecule has 15 heavy (non-hydrogen) atoms. The number of hydrogen-bond donors (Lipinski definition) is 0. The molecule has 0 saturated carbocycles. The predicted molar refractivity (Wildman–Crippen MR) is 51.6 cm³/mol. The van der Waals surface area contributed by atoms with Crippen molar-refractivity contribution in [1.82, 2.24) is 19.7 Å². The fourth-order valence-corrected chi connectivity index (χ4v) is 1.26. The monoisotopic (exact) mass is 226 g/mol.